The van der Waals surface area contributed by atoms with Crippen LogP contribution in [-0.4, -0.2) is 124 Å². The van der Waals surface area contributed by atoms with E-state index >= 15 is 0 Å². The second kappa shape index (κ2) is 11.6. The number of aliphatic imine (C=N–C) groups is 1. The second-order valence-electron chi connectivity index (χ2n) is 12.5. The fourth-order valence-electron chi connectivity index (χ4n) is 7.85. The number of nitrogens with two attached hydrogens (primary N) is 1. The van der Waals surface area contributed by atoms with Gasteiger partial charge in [-0.3, -0.25) is 29.0 Å². The average molecular weight is 683 g/mol. The number of amides is 1. The lowest BCUT2D eigenvalue weighted by molar-refractivity contribution is -0.228. The third kappa shape index (κ3) is 4.35. The molecule has 0 bridgehead atoms. The number of carbonyl (C=O) groups excluding carboxylic acids is 5. The maximum absolute atomic E-state index is 14.5. The third-order valence-corrected chi connectivity index (χ3v) is 10.1. The van der Waals surface area contributed by atoms with Crippen molar-refractivity contribution in [1.29, 1.82) is 0 Å². The molecule has 7 N–H and O–H groups in total. The fraction of sp³-hybridized carbons (Fsp3) is 0.455. The van der Waals surface area contributed by atoms with Crippen LogP contribution in [0.4, 0.5) is 0 Å². The molecule has 1 amide bonds. The molecular weight excluding hydrogens is 648 g/mol. The van der Waals surface area contributed by atoms with E-state index in [1.165, 1.54) is 27.2 Å². The highest BCUT2D eigenvalue weighted by molar-refractivity contribution is 6.53. The van der Waals surface area contributed by atoms with E-state index in [-0.39, 0.29) is 16.8 Å². The largest absolute Gasteiger partial charge is 0.507 e. The highest BCUT2D eigenvalue weighted by Crippen LogP contribution is 2.56. The summed E-state index contributed by atoms with van der Waals surface area (Å²) in [4.78, 5) is 72.9. The summed E-state index contributed by atoms with van der Waals surface area (Å²) in [6, 6.07) is 2.15. The summed E-state index contributed by atoms with van der Waals surface area (Å²) in [5.41, 5.74) is -4.68. The van der Waals surface area contributed by atoms with E-state index in [0.717, 1.165) is 13.2 Å². The van der Waals surface area contributed by atoms with E-state index in [4.69, 9.17) is 24.7 Å². The van der Waals surface area contributed by atoms with Crippen LogP contribution in [0.1, 0.15) is 81.8 Å². The molecule has 16 nitrogen and oxygen atoms in total. The molecule has 0 radical (unpaired) electrons. The van der Waals surface area contributed by atoms with E-state index in [2.05, 4.69) is 4.99 Å². The zero-order valence-electron chi connectivity index (χ0n) is 27.0. The number of nitrogens with zero attached hydrogens (tertiary/aromatic N) is 1. The number of Topliss-reactive ketones (excluding diaryl/α,β-unsaturated/α-hetero) is 4. The molecule has 49 heavy (non-hydrogen) atoms. The van der Waals surface area contributed by atoms with Crippen molar-refractivity contribution in [3.8, 4) is 11.5 Å². The van der Waals surface area contributed by atoms with Gasteiger partial charge in [-0.05, 0) is 31.0 Å². The molecule has 8 atom stereocenters. The van der Waals surface area contributed by atoms with Gasteiger partial charge in [-0.2, -0.15) is 0 Å². The molecule has 1 fully saturated rings. The Morgan fingerprint density at radius 2 is 1.63 bits per heavy atom. The summed E-state index contributed by atoms with van der Waals surface area (Å²) >= 11 is 0. The van der Waals surface area contributed by atoms with E-state index in [0.29, 0.717) is 0 Å². The van der Waals surface area contributed by atoms with Gasteiger partial charge in [-0.15, -0.1) is 0 Å². The fourth-order valence-corrected chi connectivity index (χ4v) is 7.85. The SMILES string of the molecule is CO[C@@H]1[C@@H](O)[C@@H](OC)[C@@H](N=C2CC(=O)c3c(cc4c(c3O)C(=O)[C@]3(OC)[C@H](O)Cc5cc(C)c(C(N)=O)c(O)c5[C@]3(O)C4=O)C2=O)O[C@H]1C. The molecule has 0 saturated carbocycles. The molecule has 0 aromatic heterocycles. The molecule has 0 spiro atoms. The van der Waals surface area contributed by atoms with Crippen LogP contribution < -0.4 is 5.73 Å². The Balaban J connectivity index is 1.55. The molecule has 2 aromatic carbocycles. The number of phenols is 2. The predicted molar refractivity (Wildman–Crippen MR) is 164 cm³/mol. The molecule has 16 heteroatoms. The molecule has 0 unspecified atom stereocenters. The van der Waals surface area contributed by atoms with Crippen molar-refractivity contribution in [3.63, 3.8) is 0 Å². The van der Waals surface area contributed by atoms with Gasteiger partial charge in [0.25, 0.3) is 5.91 Å². The number of hydrogen-bond acceptors (Lipinski definition) is 15. The van der Waals surface area contributed by atoms with Gasteiger partial charge in [0.2, 0.25) is 17.3 Å². The number of methoxy groups -OCH3 is 3. The number of ketones is 4. The van der Waals surface area contributed by atoms with Gasteiger partial charge in [0, 0.05) is 44.4 Å². The highest BCUT2D eigenvalue weighted by Gasteiger charge is 2.72. The van der Waals surface area contributed by atoms with Crippen LogP contribution in [0.15, 0.2) is 17.1 Å². The number of rotatable bonds is 5. The summed E-state index contributed by atoms with van der Waals surface area (Å²) in [5, 5.41) is 57.2. The minimum Gasteiger partial charge on any atom is -0.507 e. The summed E-state index contributed by atoms with van der Waals surface area (Å²) < 4.78 is 21.9. The van der Waals surface area contributed by atoms with Crippen LogP contribution in [0.3, 0.4) is 0 Å². The lowest BCUT2D eigenvalue weighted by atomic mass is 9.56. The summed E-state index contributed by atoms with van der Waals surface area (Å²) in [6.07, 6.45) is -8.23. The molecule has 2 aromatic rings. The van der Waals surface area contributed by atoms with Crippen LogP contribution >= 0.6 is 0 Å². The first-order valence-electron chi connectivity index (χ1n) is 15.2. The van der Waals surface area contributed by atoms with Gasteiger partial charge < -0.3 is 50.2 Å². The van der Waals surface area contributed by atoms with E-state index in [1.807, 2.05) is 0 Å². The van der Waals surface area contributed by atoms with Crippen LogP contribution in [0.25, 0.3) is 0 Å². The first-order valence-corrected chi connectivity index (χ1v) is 15.2. The first kappa shape index (κ1) is 34.4. The van der Waals surface area contributed by atoms with Gasteiger partial charge in [-0.1, -0.05) is 6.07 Å². The number of aliphatic hydroxyl groups excluding tert-OH is 2. The van der Waals surface area contributed by atoms with Crippen molar-refractivity contribution in [2.24, 2.45) is 10.7 Å². The molecular formula is C33H34N2O14. The topological polar surface area (TPSA) is 262 Å². The summed E-state index contributed by atoms with van der Waals surface area (Å²) in [7, 11) is 3.56. The number of phenolic OH excluding ortho intramolecular Hbond substituents is 1. The number of aromatic hydroxyl groups is 2. The van der Waals surface area contributed by atoms with Crippen LogP contribution in [-0.2, 0) is 31.0 Å². The number of hydrogen-bond donors (Lipinski definition) is 6. The highest BCUT2D eigenvalue weighted by atomic mass is 16.6. The number of primary amides is 1. The number of aryl methyl sites for hydroxylation is 1. The lowest BCUT2D eigenvalue weighted by Gasteiger charge is -2.53. The van der Waals surface area contributed by atoms with Gasteiger partial charge in [0.15, 0.2) is 23.2 Å². The zero-order valence-corrected chi connectivity index (χ0v) is 27.0. The second-order valence-corrected chi connectivity index (χ2v) is 12.5. The lowest BCUT2D eigenvalue weighted by Crippen LogP contribution is -2.73. The van der Waals surface area contributed by atoms with Gasteiger partial charge >= 0.3 is 0 Å². The van der Waals surface area contributed by atoms with Crippen molar-refractivity contribution in [1.82, 2.24) is 0 Å². The Kier molecular flexibility index (Phi) is 8.14. The molecule has 6 rings (SSSR count). The maximum atomic E-state index is 14.5. The predicted octanol–water partition coefficient (Wildman–Crippen LogP) is -0.580. The van der Waals surface area contributed by atoms with Crippen molar-refractivity contribution < 1.29 is 68.5 Å². The van der Waals surface area contributed by atoms with Gasteiger partial charge in [-0.25, -0.2) is 0 Å². The minimum atomic E-state index is -3.23. The standard InChI is InChI=1S/C33H34N2O14/c1-10-6-12-7-17(37)33(48-5)29(43)20-14(28(42)32(33,45)21(12)24(40)18(10)30(34)44)8-13-19(23(20)39)16(36)9-15(22(13)38)35-31-27(47-4)25(41)26(46-3)11(2)49-31/h6,8,11,17,25-27,31,37,39-41,45H,7,9H2,1-5H3,(H2,34,44)/t11-,17+,25+,26-,27+,31-,32-,33+/m0/s1. The summed E-state index contributed by atoms with van der Waals surface area (Å²) in [5.74, 6) is -7.68. The minimum absolute atomic E-state index is 0.0116. The number of ether oxygens (including phenoxy) is 4. The Labute approximate surface area is 278 Å². The normalized spacial score (nSPS) is 33.2. The monoisotopic (exact) mass is 682 g/mol. The van der Waals surface area contributed by atoms with Crippen molar-refractivity contribution in [3.05, 3.63) is 56.6 Å². The van der Waals surface area contributed by atoms with Crippen LogP contribution in [0, 0.1) is 6.92 Å². The van der Waals surface area contributed by atoms with Crippen molar-refractivity contribution in [2.45, 2.75) is 74.6 Å². The third-order valence-electron chi connectivity index (χ3n) is 10.1. The van der Waals surface area contributed by atoms with Crippen molar-refractivity contribution >= 4 is 34.8 Å². The number of carbonyl (C=O) groups is 5. The molecule has 3 aliphatic carbocycles. The van der Waals surface area contributed by atoms with Crippen LogP contribution in [0.2, 0.25) is 0 Å². The number of benzene rings is 2. The Morgan fingerprint density at radius 3 is 2.22 bits per heavy atom. The van der Waals surface area contributed by atoms with Crippen LogP contribution in [0.5, 0.6) is 11.5 Å². The van der Waals surface area contributed by atoms with E-state index < -0.39 is 135 Å². The first-order chi connectivity index (χ1) is 23.0. The Morgan fingerprint density at radius 1 is 0.980 bits per heavy atom. The number of aliphatic hydroxyl groups is 3. The van der Waals surface area contributed by atoms with Crippen molar-refractivity contribution in [2.75, 3.05) is 21.3 Å². The quantitative estimate of drug-likeness (QED) is 0.231. The van der Waals surface area contributed by atoms with Gasteiger partial charge in [0.05, 0.1) is 41.0 Å². The van der Waals surface area contributed by atoms with E-state index in [1.54, 1.807) is 6.92 Å². The number of fused-ring (bicyclic) bond motifs is 5. The maximum Gasteiger partial charge on any atom is 0.252 e. The molecule has 1 aliphatic heterocycles. The smallest absolute Gasteiger partial charge is 0.252 e. The average Bonchev–Trinajstić information content (AvgIpc) is 3.02. The van der Waals surface area contributed by atoms with E-state index in [9.17, 15) is 49.5 Å². The Hall–Kier alpha value is -4.42. The zero-order chi connectivity index (χ0) is 36.1. The Bertz CT molecular complexity index is 1900. The molecule has 1 saturated heterocycles. The molecule has 260 valence electrons. The molecule has 4 aliphatic rings. The summed E-state index contributed by atoms with van der Waals surface area (Å²) in [6.45, 7) is 3.03. The molecule has 1 heterocycles. The van der Waals surface area contributed by atoms with Gasteiger partial charge in [0.1, 0.15) is 29.8 Å².